The van der Waals surface area contributed by atoms with Gasteiger partial charge >= 0.3 is 0 Å². The maximum atomic E-state index is 7.40. The number of nitrogens with zero attached hydrogens (tertiary/aromatic N) is 1. The number of nitrogen functional groups attached to an aromatic ring is 1. The lowest BCUT2D eigenvalue weighted by molar-refractivity contribution is 0.460. The summed E-state index contributed by atoms with van der Waals surface area (Å²) in [6.07, 6.45) is 1.49. The molecule has 0 amide bonds. The first-order valence-corrected chi connectivity index (χ1v) is 6.18. The topological polar surface area (TPSA) is 72.0 Å². The third-order valence-electron chi connectivity index (χ3n) is 2.19. The first-order chi connectivity index (χ1) is 8.59. The van der Waals surface area contributed by atoms with Gasteiger partial charge in [0, 0.05) is 11.8 Å². The van der Waals surface area contributed by atoms with E-state index in [9.17, 15) is 0 Å². The molecule has 0 radical (unpaired) electrons. The van der Waals surface area contributed by atoms with E-state index in [2.05, 4.69) is 20.9 Å². The molecular weight excluding hydrogens is 318 g/mol. The smallest absolute Gasteiger partial charge is 0.238 e. The van der Waals surface area contributed by atoms with E-state index in [1.165, 1.54) is 6.20 Å². The number of nitrogens with two attached hydrogens (primary N) is 1. The van der Waals surface area contributed by atoms with Gasteiger partial charge in [-0.15, -0.1) is 0 Å². The molecule has 92 valence electrons. The molecule has 0 aliphatic heterocycles. The van der Waals surface area contributed by atoms with Gasteiger partial charge in [-0.3, -0.25) is 5.41 Å². The molecule has 2 rings (SSSR count). The predicted molar refractivity (Wildman–Crippen MR) is 74.5 cm³/mol. The minimum atomic E-state index is -0.126. The zero-order valence-electron chi connectivity index (χ0n) is 9.15. The molecule has 0 spiro atoms. The van der Waals surface area contributed by atoms with E-state index < -0.39 is 0 Å². The summed E-state index contributed by atoms with van der Waals surface area (Å²) in [5.74, 6) is 0.684. The molecule has 0 aliphatic rings. The van der Waals surface area contributed by atoms with Crippen LogP contribution in [0.2, 0.25) is 5.02 Å². The molecule has 1 aromatic heterocycles. The molecular formula is C12H9BrClN3O. The lowest BCUT2D eigenvalue weighted by Crippen LogP contribution is -2.12. The second-order valence-electron chi connectivity index (χ2n) is 3.42. The maximum absolute atomic E-state index is 7.40. The van der Waals surface area contributed by atoms with E-state index in [0.29, 0.717) is 11.3 Å². The fraction of sp³-hybridized carbons (Fsp3) is 0. The SMILES string of the molecule is N=C(N)c1ccnc(Oc2ccccc2Br)c1Cl. The Morgan fingerprint density at radius 1 is 1.33 bits per heavy atom. The van der Waals surface area contributed by atoms with E-state index in [1.54, 1.807) is 12.1 Å². The standard InChI is InChI=1S/C12H9BrClN3O/c13-8-3-1-2-4-9(8)18-12-10(14)7(11(15)16)5-6-17-12/h1-6H,(H3,15,16). The lowest BCUT2D eigenvalue weighted by Gasteiger charge is -2.10. The zero-order valence-corrected chi connectivity index (χ0v) is 11.5. The summed E-state index contributed by atoms with van der Waals surface area (Å²) in [5, 5.41) is 7.62. The van der Waals surface area contributed by atoms with Crippen molar-refractivity contribution in [1.29, 1.82) is 5.41 Å². The van der Waals surface area contributed by atoms with E-state index in [4.69, 9.17) is 27.5 Å². The van der Waals surface area contributed by atoms with Crippen LogP contribution in [-0.4, -0.2) is 10.8 Å². The third kappa shape index (κ3) is 2.63. The minimum absolute atomic E-state index is 0.126. The Balaban J connectivity index is 2.39. The van der Waals surface area contributed by atoms with Gasteiger partial charge in [-0.2, -0.15) is 0 Å². The quantitative estimate of drug-likeness (QED) is 0.669. The molecule has 6 heteroatoms. The molecule has 1 aromatic carbocycles. The Kier molecular flexibility index (Phi) is 3.84. The summed E-state index contributed by atoms with van der Waals surface area (Å²) in [7, 11) is 0. The van der Waals surface area contributed by atoms with Gasteiger partial charge in [-0.05, 0) is 34.1 Å². The molecule has 0 fully saturated rings. The summed E-state index contributed by atoms with van der Waals surface area (Å²) < 4.78 is 6.38. The van der Waals surface area contributed by atoms with Crippen LogP contribution < -0.4 is 10.5 Å². The molecule has 1 heterocycles. The van der Waals surface area contributed by atoms with Gasteiger partial charge in [0.25, 0.3) is 0 Å². The van der Waals surface area contributed by atoms with Crippen molar-refractivity contribution in [3.8, 4) is 11.6 Å². The second-order valence-corrected chi connectivity index (χ2v) is 4.66. The third-order valence-corrected chi connectivity index (χ3v) is 3.21. The highest BCUT2D eigenvalue weighted by Crippen LogP contribution is 2.33. The Bertz CT molecular complexity index is 604. The van der Waals surface area contributed by atoms with E-state index in [0.717, 1.165) is 4.47 Å². The molecule has 0 saturated heterocycles. The van der Waals surface area contributed by atoms with Crippen LogP contribution in [0.15, 0.2) is 41.0 Å². The lowest BCUT2D eigenvalue weighted by atomic mass is 10.2. The summed E-state index contributed by atoms with van der Waals surface area (Å²) in [4.78, 5) is 4.03. The Morgan fingerprint density at radius 2 is 2.06 bits per heavy atom. The van der Waals surface area contributed by atoms with Gasteiger partial charge in [0.2, 0.25) is 5.88 Å². The highest BCUT2D eigenvalue weighted by atomic mass is 79.9. The monoisotopic (exact) mass is 325 g/mol. The van der Waals surface area contributed by atoms with Gasteiger partial charge in [-0.1, -0.05) is 23.7 Å². The summed E-state index contributed by atoms with van der Waals surface area (Å²) in [6.45, 7) is 0. The summed E-state index contributed by atoms with van der Waals surface area (Å²) >= 11 is 9.45. The molecule has 0 bridgehead atoms. The van der Waals surface area contributed by atoms with Crippen LogP contribution >= 0.6 is 27.5 Å². The maximum Gasteiger partial charge on any atom is 0.238 e. The van der Waals surface area contributed by atoms with Crippen molar-refractivity contribution in [3.05, 3.63) is 51.6 Å². The van der Waals surface area contributed by atoms with Crippen molar-refractivity contribution in [3.63, 3.8) is 0 Å². The average molecular weight is 327 g/mol. The number of ether oxygens (including phenoxy) is 1. The molecule has 18 heavy (non-hydrogen) atoms. The number of para-hydroxylation sites is 1. The average Bonchev–Trinajstić information content (AvgIpc) is 2.34. The van der Waals surface area contributed by atoms with Gasteiger partial charge in [0.05, 0.1) is 4.47 Å². The molecule has 0 aliphatic carbocycles. The normalized spacial score (nSPS) is 10.1. The molecule has 0 unspecified atom stereocenters. The first-order valence-electron chi connectivity index (χ1n) is 5.01. The highest BCUT2D eigenvalue weighted by molar-refractivity contribution is 9.10. The summed E-state index contributed by atoms with van der Waals surface area (Å²) in [6, 6.07) is 8.90. The number of hydrogen-bond donors (Lipinski definition) is 2. The van der Waals surface area contributed by atoms with Crippen LogP contribution in [0, 0.1) is 5.41 Å². The number of halogens is 2. The van der Waals surface area contributed by atoms with E-state index >= 15 is 0 Å². The number of amidine groups is 1. The zero-order chi connectivity index (χ0) is 13.1. The number of hydrogen-bond acceptors (Lipinski definition) is 3. The molecule has 3 N–H and O–H groups in total. The van der Waals surface area contributed by atoms with E-state index in [1.807, 2.05) is 18.2 Å². The van der Waals surface area contributed by atoms with Gasteiger partial charge in [0.1, 0.15) is 16.6 Å². The fourth-order valence-electron chi connectivity index (χ4n) is 1.34. The predicted octanol–water partition coefficient (Wildman–Crippen LogP) is 3.57. The van der Waals surface area contributed by atoms with Crippen LogP contribution in [0.4, 0.5) is 0 Å². The van der Waals surface area contributed by atoms with Crippen LogP contribution in [0.5, 0.6) is 11.6 Å². The highest BCUT2D eigenvalue weighted by Gasteiger charge is 2.12. The van der Waals surface area contributed by atoms with Crippen molar-refractivity contribution in [2.24, 2.45) is 5.73 Å². The van der Waals surface area contributed by atoms with Gasteiger partial charge in [-0.25, -0.2) is 4.98 Å². The van der Waals surface area contributed by atoms with Crippen LogP contribution in [-0.2, 0) is 0 Å². The van der Waals surface area contributed by atoms with E-state index in [-0.39, 0.29) is 16.7 Å². The number of aromatic nitrogens is 1. The molecule has 2 aromatic rings. The Labute approximate surface area is 117 Å². The molecule has 0 atom stereocenters. The largest absolute Gasteiger partial charge is 0.436 e. The molecule has 4 nitrogen and oxygen atoms in total. The van der Waals surface area contributed by atoms with Crippen molar-refractivity contribution in [2.45, 2.75) is 0 Å². The summed E-state index contributed by atoms with van der Waals surface area (Å²) in [5.41, 5.74) is 5.81. The van der Waals surface area contributed by atoms with Crippen molar-refractivity contribution < 1.29 is 4.74 Å². The number of nitrogens with one attached hydrogen (secondary N) is 1. The number of rotatable bonds is 3. The first kappa shape index (κ1) is 12.9. The van der Waals surface area contributed by atoms with Crippen LogP contribution in [0.25, 0.3) is 0 Å². The second kappa shape index (κ2) is 5.37. The minimum Gasteiger partial charge on any atom is -0.436 e. The van der Waals surface area contributed by atoms with Gasteiger partial charge in [0.15, 0.2) is 0 Å². The van der Waals surface area contributed by atoms with Crippen LogP contribution in [0.1, 0.15) is 5.56 Å². The van der Waals surface area contributed by atoms with Crippen molar-refractivity contribution in [1.82, 2.24) is 4.98 Å². The van der Waals surface area contributed by atoms with Gasteiger partial charge < -0.3 is 10.5 Å². The number of pyridine rings is 1. The van der Waals surface area contributed by atoms with Crippen LogP contribution in [0.3, 0.4) is 0 Å². The fourth-order valence-corrected chi connectivity index (χ4v) is 1.95. The van der Waals surface area contributed by atoms with Crippen molar-refractivity contribution >= 4 is 33.4 Å². The van der Waals surface area contributed by atoms with Crippen molar-refractivity contribution in [2.75, 3.05) is 0 Å². The Morgan fingerprint density at radius 3 is 2.72 bits per heavy atom. The Hall–Kier alpha value is -1.59. The molecule has 0 saturated carbocycles. The number of benzene rings is 1.